The minimum absolute atomic E-state index is 0.0767. The number of ether oxygens (including phenoxy) is 3. The van der Waals surface area contributed by atoms with E-state index in [2.05, 4.69) is 0 Å². The SMILES string of the molecule is CC(C)N1C(=O)C2C3OC(C(OC(=O)C4CC5c6ccccc6C4c4ccccc45)C31)C2C(=O)Oc1c(F)c(F)c(S(=O)(=O)[O-])c(F)c1F. The Kier molecular flexibility index (Phi) is 7.05. The highest BCUT2D eigenvalue weighted by Crippen LogP contribution is 2.57. The molecule has 0 saturated carbocycles. The van der Waals surface area contributed by atoms with Crippen LogP contribution in [-0.2, 0) is 34.0 Å². The second-order valence-corrected chi connectivity index (χ2v) is 14.6. The summed E-state index contributed by atoms with van der Waals surface area (Å²) in [7, 11) is -6.01. The van der Waals surface area contributed by atoms with Crippen LogP contribution in [0.15, 0.2) is 53.4 Å². The van der Waals surface area contributed by atoms with Gasteiger partial charge in [0.15, 0.2) is 17.7 Å². The molecule has 10 nitrogen and oxygen atoms in total. The minimum atomic E-state index is -6.01. The molecular weight excluding hydrogens is 674 g/mol. The number of hydrogen-bond acceptors (Lipinski definition) is 9. The molecule has 3 aromatic rings. The number of carbonyl (C=O) groups excluding carboxylic acids is 3. The van der Waals surface area contributed by atoms with E-state index in [1.807, 2.05) is 48.5 Å². The molecule has 4 bridgehead atoms. The van der Waals surface area contributed by atoms with Gasteiger partial charge in [-0.15, -0.1) is 0 Å². The van der Waals surface area contributed by atoms with Crippen LogP contribution in [0.3, 0.4) is 0 Å². The Hall–Kier alpha value is -4.34. The summed E-state index contributed by atoms with van der Waals surface area (Å²) in [6.45, 7) is 3.41. The van der Waals surface area contributed by atoms with E-state index in [-0.39, 0.29) is 11.8 Å². The fraction of sp³-hybridized carbons (Fsp3) is 0.382. The Morgan fingerprint density at radius 1 is 0.878 bits per heavy atom. The number of hydrogen-bond donors (Lipinski definition) is 0. The van der Waals surface area contributed by atoms with Crippen molar-refractivity contribution >= 4 is 28.0 Å². The summed E-state index contributed by atoms with van der Waals surface area (Å²) in [6, 6.07) is 14.4. The van der Waals surface area contributed by atoms with Crippen LogP contribution < -0.4 is 4.74 Å². The largest absolute Gasteiger partial charge is 0.744 e. The quantitative estimate of drug-likeness (QED) is 0.123. The number of likely N-dealkylation sites (tertiary alicyclic amines) is 1. The lowest BCUT2D eigenvalue weighted by atomic mass is 9.59. The number of halogens is 4. The van der Waals surface area contributed by atoms with Crippen molar-refractivity contribution < 1.29 is 59.1 Å². The Bertz CT molecular complexity index is 2010. The van der Waals surface area contributed by atoms with E-state index in [1.165, 1.54) is 4.90 Å². The van der Waals surface area contributed by atoms with Crippen molar-refractivity contribution in [1.29, 1.82) is 0 Å². The predicted octanol–water partition coefficient (Wildman–Crippen LogP) is 3.89. The first-order chi connectivity index (χ1) is 23.2. The average Bonchev–Trinajstić information content (AvgIpc) is 3.68. The van der Waals surface area contributed by atoms with Crippen LogP contribution in [0.5, 0.6) is 5.75 Å². The van der Waals surface area contributed by atoms with Crippen LogP contribution in [0.25, 0.3) is 0 Å². The Morgan fingerprint density at radius 2 is 1.43 bits per heavy atom. The Balaban J connectivity index is 1.12. The van der Waals surface area contributed by atoms with Gasteiger partial charge >= 0.3 is 11.9 Å². The summed E-state index contributed by atoms with van der Waals surface area (Å²) in [5, 5.41) is 0. The third-order valence-corrected chi connectivity index (χ3v) is 11.4. The molecule has 9 rings (SSSR count). The topological polar surface area (TPSA) is 139 Å². The maximum absolute atomic E-state index is 14.8. The van der Waals surface area contributed by atoms with Gasteiger partial charge in [-0.2, -0.15) is 8.78 Å². The van der Waals surface area contributed by atoms with Crippen molar-refractivity contribution in [3.05, 3.63) is 94.1 Å². The van der Waals surface area contributed by atoms with Gasteiger partial charge in [-0.1, -0.05) is 48.5 Å². The summed E-state index contributed by atoms with van der Waals surface area (Å²) in [5.41, 5.74) is 4.21. The van der Waals surface area contributed by atoms with Crippen molar-refractivity contribution in [2.45, 2.75) is 67.4 Å². The molecule has 0 radical (unpaired) electrons. The molecule has 3 aliphatic heterocycles. The van der Waals surface area contributed by atoms with Gasteiger partial charge in [0.05, 0.1) is 24.0 Å². The summed E-state index contributed by atoms with van der Waals surface area (Å²) in [4.78, 5) is 40.4. The summed E-state index contributed by atoms with van der Waals surface area (Å²) >= 11 is 0. The maximum atomic E-state index is 14.8. The molecule has 3 aromatic carbocycles. The van der Waals surface area contributed by atoms with E-state index in [1.54, 1.807) is 13.8 Å². The molecule has 7 unspecified atom stereocenters. The molecule has 3 fully saturated rings. The number of nitrogens with zero attached hydrogens (tertiary/aromatic N) is 1. The molecule has 49 heavy (non-hydrogen) atoms. The number of carbonyl (C=O) groups is 3. The van der Waals surface area contributed by atoms with E-state index in [0.717, 1.165) is 22.3 Å². The van der Waals surface area contributed by atoms with Crippen molar-refractivity contribution in [2.24, 2.45) is 17.8 Å². The minimum Gasteiger partial charge on any atom is -0.744 e. The van der Waals surface area contributed by atoms with Gasteiger partial charge in [-0.25, -0.2) is 17.2 Å². The van der Waals surface area contributed by atoms with Crippen molar-refractivity contribution in [3.8, 4) is 5.75 Å². The van der Waals surface area contributed by atoms with E-state index < -0.39 is 110 Å². The van der Waals surface area contributed by atoms with E-state index in [9.17, 15) is 44.9 Å². The Labute approximate surface area is 276 Å². The van der Waals surface area contributed by atoms with Gasteiger partial charge in [0.25, 0.3) is 0 Å². The lowest BCUT2D eigenvalue weighted by Crippen LogP contribution is -2.53. The fourth-order valence-corrected chi connectivity index (χ4v) is 9.44. The van der Waals surface area contributed by atoms with Gasteiger partial charge < -0.3 is 23.7 Å². The molecule has 6 aliphatic rings. The molecule has 3 saturated heterocycles. The highest BCUT2D eigenvalue weighted by molar-refractivity contribution is 7.85. The van der Waals surface area contributed by atoms with Crippen molar-refractivity contribution in [3.63, 3.8) is 0 Å². The molecule has 1 amide bonds. The molecule has 3 heterocycles. The number of rotatable bonds is 6. The number of benzene rings is 3. The van der Waals surface area contributed by atoms with Crippen LogP contribution in [-0.4, -0.2) is 66.1 Å². The predicted molar refractivity (Wildman–Crippen MR) is 156 cm³/mol. The number of amides is 1. The van der Waals surface area contributed by atoms with Crippen LogP contribution in [0.1, 0.15) is 54.4 Å². The van der Waals surface area contributed by atoms with Crippen LogP contribution in [0.2, 0.25) is 0 Å². The first kappa shape index (κ1) is 31.9. The van der Waals surface area contributed by atoms with E-state index in [0.29, 0.717) is 6.42 Å². The third-order valence-electron chi connectivity index (χ3n) is 10.6. The zero-order valence-electron chi connectivity index (χ0n) is 25.6. The lowest BCUT2D eigenvalue weighted by molar-refractivity contribution is -0.164. The first-order valence-electron chi connectivity index (χ1n) is 15.6. The van der Waals surface area contributed by atoms with Crippen LogP contribution in [0.4, 0.5) is 17.6 Å². The summed E-state index contributed by atoms with van der Waals surface area (Å²) in [5.74, 6) is -18.6. The van der Waals surface area contributed by atoms with E-state index in [4.69, 9.17) is 14.2 Å². The smallest absolute Gasteiger partial charge is 0.318 e. The van der Waals surface area contributed by atoms with Gasteiger partial charge in [-0.05, 0) is 42.5 Å². The van der Waals surface area contributed by atoms with Gasteiger partial charge in [0.1, 0.15) is 27.0 Å². The maximum Gasteiger partial charge on any atom is 0.318 e. The molecule has 0 aromatic heterocycles. The fourth-order valence-electron chi connectivity index (χ4n) is 8.82. The zero-order valence-corrected chi connectivity index (χ0v) is 26.5. The van der Waals surface area contributed by atoms with Crippen molar-refractivity contribution in [1.82, 2.24) is 4.90 Å². The molecule has 256 valence electrons. The van der Waals surface area contributed by atoms with Crippen molar-refractivity contribution in [2.75, 3.05) is 0 Å². The van der Waals surface area contributed by atoms with Crippen LogP contribution in [0, 0.1) is 41.0 Å². The number of esters is 2. The first-order valence-corrected chi connectivity index (χ1v) is 17.0. The molecule has 15 heteroatoms. The molecule has 3 aliphatic carbocycles. The lowest BCUT2D eigenvalue weighted by Gasteiger charge is -2.45. The monoisotopic (exact) mass is 700 g/mol. The molecular formula is C34H26F4NO9S-. The summed E-state index contributed by atoms with van der Waals surface area (Å²) in [6.07, 6.45) is -3.11. The normalized spacial score (nSPS) is 30.5. The second-order valence-electron chi connectivity index (χ2n) is 13.3. The van der Waals surface area contributed by atoms with Gasteiger partial charge in [0, 0.05) is 17.9 Å². The van der Waals surface area contributed by atoms with Crippen LogP contribution >= 0.6 is 0 Å². The standard InChI is InChI=1S/C34H27F4NO9S/c1-12(2)39-26-27-20(32(39)40)21(34(42)47-29-22(35)24(37)31(49(43,44)45)25(38)23(29)36)28(46-27)30(26)48-33(41)18-11-17-13-7-3-5-9-15(13)19(18)16-10-6-4-8-14(16)17/h3-10,12,17-21,26-28,30H,11H2,1-2H3,(H,43,44,45)/p-1. The molecule has 7 atom stereocenters. The molecule has 0 N–H and O–H groups in total. The Morgan fingerprint density at radius 3 is 1.96 bits per heavy atom. The highest BCUT2D eigenvalue weighted by atomic mass is 32.2. The molecule has 0 spiro atoms. The zero-order chi connectivity index (χ0) is 34.8. The number of fused-ring (bicyclic) bond motifs is 2. The second kappa shape index (κ2) is 10.8. The summed E-state index contributed by atoms with van der Waals surface area (Å²) < 4.78 is 109. The average molecular weight is 701 g/mol. The van der Waals surface area contributed by atoms with Gasteiger partial charge in [0.2, 0.25) is 23.3 Å². The van der Waals surface area contributed by atoms with Gasteiger partial charge in [-0.3, -0.25) is 14.4 Å². The third kappa shape index (κ3) is 4.37. The van der Waals surface area contributed by atoms with E-state index >= 15 is 0 Å². The highest BCUT2D eigenvalue weighted by Gasteiger charge is 2.73.